The van der Waals surface area contributed by atoms with Crippen LogP contribution >= 0.6 is 0 Å². The van der Waals surface area contributed by atoms with Crippen molar-refractivity contribution in [1.82, 2.24) is 0 Å². The number of hydrogen-bond donors (Lipinski definition) is 1. The Bertz CT molecular complexity index is 462. The SMILES string of the molecule is C[C@H](CO)c1ccc(OCc2ccccc2)cc1. The zero-order valence-corrected chi connectivity index (χ0v) is 10.5. The number of rotatable bonds is 5. The molecule has 2 aromatic rings. The molecule has 0 saturated heterocycles. The molecule has 0 spiro atoms. The first-order valence-corrected chi connectivity index (χ1v) is 6.17. The molecule has 2 rings (SSSR count). The lowest BCUT2D eigenvalue weighted by Crippen LogP contribution is -1.99. The van der Waals surface area contributed by atoms with Crippen LogP contribution in [0.1, 0.15) is 24.0 Å². The Labute approximate surface area is 108 Å². The van der Waals surface area contributed by atoms with E-state index in [9.17, 15) is 0 Å². The molecule has 0 aliphatic heterocycles. The van der Waals surface area contributed by atoms with Crippen molar-refractivity contribution < 1.29 is 9.84 Å². The third-order valence-electron chi connectivity index (χ3n) is 2.97. The van der Waals surface area contributed by atoms with E-state index in [1.54, 1.807) is 0 Å². The Morgan fingerprint density at radius 2 is 1.67 bits per heavy atom. The molecular formula is C16H18O2. The highest BCUT2D eigenvalue weighted by Gasteiger charge is 2.03. The minimum Gasteiger partial charge on any atom is -0.489 e. The van der Waals surface area contributed by atoms with Crippen LogP contribution in [-0.4, -0.2) is 11.7 Å². The van der Waals surface area contributed by atoms with Crippen molar-refractivity contribution >= 4 is 0 Å². The average Bonchev–Trinajstić information content (AvgIpc) is 2.46. The molecule has 2 nitrogen and oxygen atoms in total. The van der Waals surface area contributed by atoms with Gasteiger partial charge in [-0.2, -0.15) is 0 Å². The Kier molecular flexibility index (Phi) is 4.37. The highest BCUT2D eigenvalue weighted by atomic mass is 16.5. The summed E-state index contributed by atoms with van der Waals surface area (Å²) in [7, 11) is 0. The van der Waals surface area contributed by atoms with Crippen LogP contribution in [0.15, 0.2) is 54.6 Å². The first-order chi connectivity index (χ1) is 8.79. The van der Waals surface area contributed by atoms with E-state index in [2.05, 4.69) is 0 Å². The normalized spacial score (nSPS) is 12.1. The van der Waals surface area contributed by atoms with Crippen LogP contribution in [0.4, 0.5) is 0 Å². The van der Waals surface area contributed by atoms with Crippen molar-refractivity contribution in [3.05, 3.63) is 65.7 Å². The molecule has 0 amide bonds. The number of aliphatic hydroxyl groups is 1. The van der Waals surface area contributed by atoms with E-state index >= 15 is 0 Å². The van der Waals surface area contributed by atoms with E-state index in [-0.39, 0.29) is 12.5 Å². The van der Waals surface area contributed by atoms with Crippen LogP contribution in [0.2, 0.25) is 0 Å². The summed E-state index contributed by atoms with van der Waals surface area (Å²) < 4.78 is 5.70. The number of hydrogen-bond acceptors (Lipinski definition) is 2. The molecule has 2 heteroatoms. The highest BCUT2D eigenvalue weighted by molar-refractivity contribution is 5.29. The molecule has 0 bridgehead atoms. The standard InChI is InChI=1S/C16H18O2/c1-13(11-17)15-7-9-16(10-8-15)18-12-14-5-3-2-4-6-14/h2-10,13,17H,11-12H2,1H3/t13-/m1/s1. The molecule has 0 radical (unpaired) electrons. The van der Waals surface area contributed by atoms with E-state index in [0.717, 1.165) is 16.9 Å². The van der Waals surface area contributed by atoms with Gasteiger partial charge in [-0.15, -0.1) is 0 Å². The molecule has 0 aliphatic carbocycles. The van der Waals surface area contributed by atoms with Crippen LogP contribution in [0.25, 0.3) is 0 Å². The minimum atomic E-state index is 0.171. The largest absolute Gasteiger partial charge is 0.489 e. The molecule has 0 saturated carbocycles. The quantitative estimate of drug-likeness (QED) is 0.871. The summed E-state index contributed by atoms with van der Waals surface area (Å²) in [5, 5.41) is 9.08. The third kappa shape index (κ3) is 3.34. The van der Waals surface area contributed by atoms with Gasteiger partial charge in [0.25, 0.3) is 0 Å². The minimum absolute atomic E-state index is 0.171. The Morgan fingerprint density at radius 1 is 1.00 bits per heavy atom. The third-order valence-corrected chi connectivity index (χ3v) is 2.97. The summed E-state index contributed by atoms with van der Waals surface area (Å²) >= 11 is 0. The van der Waals surface area contributed by atoms with Gasteiger partial charge in [-0.3, -0.25) is 0 Å². The van der Waals surface area contributed by atoms with E-state index in [4.69, 9.17) is 9.84 Å². The van der Waals surface area contributed by atoms with Gasteiger partial charge in [-0.1, -0.05) is 49.4 Å². The van der Waals surface area contributed by atoms with Crippen molar-refractivity contribution in [2.24, 2.45) is 0 Å². The summed E-state index contributed by atoms with van der Waals surface area (Å²) in [6.45, 7) is 2.75. The summed E-state index contributed by atoms with van der Waals surface area (Å²) in [5.41, 5.74) is 2.29. The summed E-state index contributed by atoms with van der Waals surface area (Å²) in [6, 6.07) is 18.0. The van der Waals surface area contributed by atoms with Crippen molar-refractivity contribution in [3.8, 4) is 5.75 Å². The van der Waals surface area contributed by atoms with Crippen LogP contribution in [0.5, 0.6) is 5.75 Å². The van der Waals surface area contributed by atoms with E-state index in [0.29, 0.717) is 6.61 Å². The van der Waals surface area contributed by atoms with Crippen molar-refractivity contribution in [3.63, 3.8) is 0 Å². The molecule has 0 heterocycles. The lowest BCUT2D eigenvalue weighted by atomic mass is 10.0. The smallest absolute Gasteiger partial charge is 0.119 e. The van der Waals surface area contributed by atoms with Gasteiger partial charge in [0.15, 0.2) is 0 Å². The van der Waals surface area contributed by atoms with Gasteiger partial charge in [0, 0.05) is 12.5 Å². The predicted octanol–water partition coefficient (Wildman–Crippen LogP) is 3.36. The number of benzene rings is 2. The molecule has 0 unspecified atom stereocenters. The predicted molar refractivity (Wildman–Crippen MR) is 72.7 cm³/mol. The monoisotopic (exact) mass is 242 g/mol. The van der Waals surface area contributed by atoms with Gasteiger partial charge in [0.05, 0.1) is 0 Å². The topological polar surface area (TPSA) is 29.5 Å². The van der Waals surface area contributed by atoms with Crippen LogP contribution < -0.4 is 4.74 Å². The Hall–Kier alpha value is -1.80. The van der Waals surface area contributed by atoms with Crippen molar-refractivity contribution in [2.45, 2.75) is 19.4 Å². The fourth-order valence-electron chi connectivity index (χ4n) is 1.74. The fraction of sp³-hybridized carbons (Fsp3) is 0.250. The molecular weight excluding hydrogens is 224 g/mol. The lowest BCUT2D eigenvalue weighted by molar-refractivity contribution is 0.272. The first-order valence-electron chi connectivity index (χ1n) is 6.17. The van der Waals surface area contributed by atoms with Gasteiger partial charge in [-0.25, -0.2) is 0 Å². The molecule has 0 aromatic heterocycles. The number of ether oxygens (including phenoxy) is 1. The zero-order chi connectivity index (χ0) is 12.8. The second-order valence-corrected chi connectivity index (χ2v) is 4.43. The molecule has 1 atom stereocenters. The van der Waals surface area contributed by atoms with Crippen molar-refractivity contribution in [1.29, 1.82) is 0 Å². The Balaban J connectivity index is 1.94. The molecule has 18 heavy (non-hydrogen) atoms. The summed E-state index contributed by atoms with van der Waals surface area (Å²) in [6.07, 6.45) is 0. The highest BCUT2D eigenvalue weighted by Crippen LogP contribution is 2.19. The van der Waals surface area contributed by atoms with E-state index in [1.807, 2.05) is 61.5 Å². The van der Waals surface area contributed by atoms with Crippen molar-refractivity contribution in [2.75, 3.05) is 6.61 Å². The summed E-state index contributed by atoms with van der Waals surface area (Å²) in [5.74, 6) is 1.03. The fourth-order valence-corrected chi connectivity index (χ4v) is 1.74. The van der Waals surface area contributed by atoms with Gasteiger partial charge in [0.2, 0.25) is 0 Å². The average molecular weight is 242 g/mol. The van der Waals surface area contributed by atoms with Crippen LogP contribution in [0, 0.1) is 0 Å². The molecule has 2 aromatic carbocycles. The summed E-state index contributed by atoms with van der Waals surface area (Å²) in [4.78, 5) is 0. The Morgan fingerprint density at radius 3 is 2.28 bits per heavy atom. The van der Waals surface area contributed by atoms with Gasteiger partial charge < -0.3 is 9.84 Å². The maximum absolute atomic E-state index is 9.08. The molecule has 1 N–H and O–H groups in total. The second kappa shape index (κ2) is 6.22. The number of aliphatic hydroxyl groups excluding tert-OH is 1. The maximum atomic E-state index is 9.08. The zero-order valence-electron chi connectivity index (χ0n) is 10.5. The van der Waals surface area contributed by atoms with Gasteiger partial charge in [-0.05, 0) is 23.3 Å². The molecule has 94 valence electrons. The lowest BCUT2D eigenvalue weighted by Gasteiger charge is -2.10. The molecule has 0 aliphatic rings. The van der Waals surface area contributed by atoms with E-state index < -0.39 is 0 Å². The maximum Gasteiger partial charge on any atom is 0.119 e. The second-order valence-electron chi connectivity index (χ2n) is 4.43. The van der Waals surface area contributed by atoms with Crippen LogP contribution in [0.3, 0.4) is 0 Å². The van der Waals surface area contributed by atoms with Gasteiger partial charge >= 0.3 is 0 Å². The van der Waals surface area contributed by atoms with Crippen LogP contribution in [-0.2, 0) is 6.61 Å². The molecule has 0 fully saturated rings. The van der Waals surface area contributed by atoms with Gasteiger partial charge in [0.1, 0.15) is 12.4 Å². The first kappa shape index (κ1) is 12.7. The van der Waals surface area contributed by atoms with E-state index in [1.165, 1.54) is 0 Å².